The molecule has 288 valence electrons. The molecule has 0 bridgehead atoms. The Hall–Kier alpha value is -5.19. The van der Waals surface area contributed by atoms with Gasteiger partial charge in [-0.1, -0.05) is 129 Å². The van der Waals surface area contributed by atoms with Gasteiger partial charge in [-0.3, -0.25) is 4.79 Å². The maximum absolute atomic E-state index is 12.6. The Balaban J connectivity index is 0.00000532. The first-order chi connectivity index (χ1) is 26.7. The second-order valence-electron chi connectivity index (χ2n) is 16.0. The Morgan fingerprint density at radius 3 is 2.07 bits per heavy atom. The first kappa shape index (κ1) is 40.5. The highest BCUT2D eigenvalue weighted by Gasteiger charge is 2.45. The maximum Gasteiger partial charge on any atom is 0.220 e. The van der Waals surface area contributed by atoms with Crippen LogP contribution in [0.25, 0.3) is 21.5 Å². The maximum atomic E-state index is 12.6. The summed E-state index contributed by atoms with van der Waals surface area (Å²) in [5.41, 5.74) is 9.07. The normalized spacial score (nSPS) is 16.4. The van der Waals surface area contributed by atoms with Crippen LogP contribution in [0.3, 0.4) is 0 Å². The lowest BCUT2D eigenvalue weighted by atomic mass is 9.79. The Labute approximate surface area is 340 Å². The molecule has 56 heavy (non-hydrogen) atoms. The summed E-state index contributed by atoms with van der Waals surface area (Å²) in [6.07, 6.45) is 19.8. The molecule has 0 radical (unpaired) electrons. The van der Waals surface area contributed by atoms with Crippen molar-refractivity contribution >= 4 is 44.5 Å². The zero-order chi connectivity index (χ0) is 38.4. The van der Waals surface area contributed by atoms with Gasteiger partial charge in [0.1, 0.15) is 6.54 Å². The van der Waals surface area contributed by atoms with Gasteiger partial charge in [0.15, 0.2) is 5.71 Å². The first-order valence-electron chi connectivity index (χ1n) is 20.2. The summed E-state index contributed by atoms with van der Waals surface area (Å²) in [6.45, 7) is 14.2. The van der Waals surface area contributed by atoms with Crippen molar-refractivity contribution in [2.45, 2.75) is 77.6 Å². The van der Waals surface area contributed by atoms with Gasteiger partial charge in [0.25, 0.3) is 0 Å². The highest BCUT2D eigenvalue weighted by Crippen LogP contribution is 2.50. The van der Waals surface area contributed by atoms with E-state index in [1.807, 2.05) is 18.2 Å². The van der Waals surface area contributed by atoms with Gasteiger partial charge in [0, 0.05) is 60.4 Å². The molecule has 5 aromatic rings. The minimum Gasteiger partial charge on any atom is -1.00 e. The second kappa shape index (κ2) is 17.7. The molecule has 0 saturated heterocycles. The topological polar surface area (TPSA) is 35.4 Å². The number of nitrogens with one attached hydrogen (secondary N) is 1. The highest BCUT2D eigenvalue weighted by molar-refractivity contribution is 6.07. The number of amides is 1. The van der Waals surface area contributed by atoms with E-state index >= 15 is 0 Å². The van der Waals surface area contributed by atoms with Crippen molar-refractivity contribution in [1.82, 2.24) is 5.32 Å². The van der Waals surface area contributed by atoms with Crippen LogP contribution in [-0.2, 0) is 22.0 Å². The van der Waals surface area contributed by atoms with Crippen LogP contribution in [0.5, 0.6) is 0 Å². The van der Waals surface area contributed by atoms with E-state index in [4.69, 9.17) is 0 Å². The fourth-order valence-electron chi connectivity index (χ4n) is 8.95. The fraction of sp³-hybridized carbons (Fsp3) is 0.294. The predicted molar refractivity (Wildman–Crippen MR) is 234 cm³/mol. The lowest BCUT2D eigenvalue weighted by Crippen LogP contribution is -3.00. The van der Waals surface area contributed by atoms with Gasteiger partial charge in [0.2, 0.25) is 11.6 Å². The van der Waals surface area contributed by atoms with Crippen LogP contribution in [0.15, 0.2) is 151 Å². The number of allylic oxidation sites excluding steroid dienone is 8. The predicted octanol–water partition coefficient (Wildman–Crippen LogP) is 8.66. The largest absolute Gasteiger partial charge is 1.00 e. The van der Waals surface area contributed by atoms with E-state index in [0.29, 0.717) is 13.0 Å². The number of nitrogens with zero attached hydrogens (tertiary/aromatic N) is 2. The molecule has 0 saturated carbocycles. The summed E-state index contributed by atoms with van der Waals surface area (Å²) in [5.74, 6) is 0.149. The van der Waals surface area contributed by atoms with E-state index in [0.717, 1.165) is 38.8 Å². The average molecular weight is 762 g/mol. The van der Waals surface area contributed by atoms with Gasteiger partial charge < -0.3 is 22.6 Å². The molecule has 0 aliphatic carbocycles. The van der Waals surface area contributed by atoms with E-state index in [9.17, 15) is 4.79 Å². The monoisotopic (exact) mass is 761 g/mol. The van der Waals surface area contributed by atoms with Gasteiger partial charge >= 0.3 is 0 Å². The van der Waals surface area contributed by atoms with Gasteiger partial charge in [0.05, 0.1) is 5.41 Å². The Kier molecular flexibility index (Phi) is 12.8. The van der Waals surface area contributed by atoms with Crippen LogP contribution in [-0.4, -0.2) is 35.8 Å². The van der Waals surface area contributed by atoms with Crippen molar-refractivity contribution in [3.05, 3.63) is 168 Å². The number of anilines is 1. The number of carbonyl (C=O) groups excluding carboxylic acids is 1. The number of hydrogen-bond acceptors (Lipinski definition) is 2. The lowest BCUT2D eigenvalue weighted by molar-refractivity contribution is -0.438. The third-order valence-electron chi connectivity index (χ3n) is 11.6. The van der Waals surface area contributed by atoms with Crippen LogP contribution < -0.4 is 22.6 Å². The first-order valence-corrected chi connectivity index (χ1v) is 20.2. The smallest absolute Gasteiger partial charge is 0.220 e. The van der Waals surface area contributed by atoms with Gasteiger partial charge in [-0.05, 0) is 90.9 Å². The quantitative estimate of drug-likeness (QED) is 0.0699. The number of likely N-dealkylation sites (N-methyl/N-ethyl adjacent to an activating group) is 1. The standard InChI is InChI=1S/C51H55N3O.ClH/c1-6-53-43-33-31-39-24-17-19-26-41(39)48(43)50(2,3)45(53)28-14-8-7-9-15-29-46-51(4,5)49-42-27-20-18-25-40(42)32-34-44(49)54(46)37-21-11-16-30-47(55)52-36-35-38-22-12-10-13-23-38;/h7-10,12-15,17-20,22-29,31-34H,6,11,16,21,30,35-37H2,1-5H3;1H. The molecule has 1 N–H and O–H groups in total. The van der Waals surface area contributed by atoms with Crippen molar-refractivity contribution in [3.63, 3.8) is 0 Å². The second-order valence-corrected chi connectivity index (χ2v) is 16.0. The van der Waals surface area contributed by atoms with E-state index in [2.05, 4.69) is 177 Å². The molecule has 5 aromatic carbocycles. The molecule has 7 rings (SSSR count). The third kappa shape index (κ3) is 8.18. The molecule has 0 fully saturated rings. The SMILES string of the molecule is CCN1C(=CC=CC=CC=CC2=[N+](CCCCCC(=O)NCCc3ccccc3)c3ccc4ccccc4c3C2(C)C)C(C)(C)c2c1ccc1ccccc21.[Cl-]. The van der Waals surface area contributed by atoms with Crippen LogP contribution in [0.1, 0.15) is 77.0 Å². The van der Waals surface area contributed by atoms with Crippen molar-refractivity contribution in [2.75, 3.05) is 24.5 Å². The molecule has 0 spiro atoms. The van der Waals surface area contributed by atoms with Crippen LogP contribution >= 0.6 is 0 Å². The number of unbranched alkanes of at least 4 members (excludes halogenated alkanes) is 2. The zero-order valence-electron chi connectivity index (χ0n) is 33.7. The lowest BCUT2D eigenvalue weighted by Gasteiger charge is -2.26. The third-order valence-corrected chi connectivity index (χ3v) is 11.6. The summed E-state index contributed by atoms with van der Waals surface area (Å²) < 4.78 is 2.52. The van der Waals surface area contributed by atoms with Gasteiger partial charge in [-0.25, -0.2) is 0 Å². The van der Waals surface area contributed by atoms with Crippen LogP contribution in [0.2, 0.25) is 0 Å². The molecule has 0 unspecified atom stereocenters. The number of rotatable bonds is 14. The number of carbonyl (C=O) groups is 1. The molecule has 0 aromatic heterocycles. The number of benzene rings is 5. The summed E-state index contributed by atoms with van der Waals surface area (Å²) in [4.78, 5) is 15.0. The molecule has 0 atom stereocenters. The minimum atomic E-state index is -0.156. The Bertz CT molecular complexity index is 2340. The molecule has 5 heteroatoms. The molecule has 2 aliphatic heterocycles. The Morgan fingerprint density at radius 1 is 0.696 bits per heavy atom. The minimum absolute atomic E-state index is 0. The van der Waals surface area contributed by atoms with Crippen molar-refractivity contribution in [3.8, 4) is 0 Å². The van der Waals surface area contributed by atoms with Crippen molar-refractivity contribution < 1.29 is 21.8 Å². The van der Waals surface area contributed by atoms with Crippen LogP contribution in [0, 0.1) is 0 Å². The average Bonchev–Trinajstić information content (AvgIpc) is 3.55. The number of halogens is 1. The zero-order valence-corrected chi connectivity index (χ0v) is 34.4. The van der Waals surface area contributed by atoms with E-state index in [1.165, 1.54) is 61.0 Å². The van der Waals surface area contributed by atoms with Crippen molar-refractivity contribution in [2.24, 2.45) is 0 Å². The van der Waals surface area contributed by atoms with E-state index in [1.54, 1.807) is 0 Å². The summed E-state index contributed by atoms with van der Waals surface area (Å²) in [6, 6.07) is 36.9. The molecule has 2 heterocycles. The molecular weight excluding hydrogens is 706 g/mol. The molecular formula is C51H56ClN3O. The summed E-state index contributed by atoms with van der Waals surface area (Å²) in [7, 11) is 0. The highest BCUT2D eigenvalue weighted by atomic mass is 35.5. The molecule has 2 aliphatic rings. The summed E-state index contributed by atoms with van der Waals surface area (Å²) >= 11 is 0. The van der Waals surface area contributed by atoms with Crippen LogP contribution in [0.4, 0.5) is 11.4 Å². The van der Waals surface area contributed by atoms with Crippen molar-refractivity contribution in [1.29, 1.82) is 0 Å². The number of hydrogen-bond donors (Lipinski definition) is 1. The molecule has 4 nitrogen and oxygen atoms in total. The van der Waals surface area contributed by atoms with Gasteiger partial charge in [-0.15, -0.1) is 0 Å². The summed E-state index contributed by atoms with van der Waals surface area (Å²) in [5, 5.41) is 8.34. The fourth-order valence-corrected chi connectivity index (χ4v) is 8.95. The Morgan fingerprint density at radius 2 is 1.34 bits per heavy atom. The van der Waals surface area contributed by atoms with E-state index in [-0.39, 0.29) is 29.1 Å². The van der Waals surface area contributed by atoms with E-state index < -0.39 is 0 Å². The number of fused-ring (bicyclic) bond motifs is 6. The molecule has 1 amide bonds. The van der Waals surface area contributed by atoms with Gasteiger partial charge in [-0.2, -0.15) is 4.58 Å².